The van der Waals surface area contributed by atoms with Crippen molar-refractivity contribution in [1.29, 1.82) is 0 Å². The van der Waals surface area contributed by atoms with Gasteiger partial charge in [-0.25, -0.2) is 4.39 Å². The second-order valence-corrected chi connectivity index (χ2v) is 8.32. The normalized spacial score (nSPS) is 16.2. The molecule has 162 valence electrons. The molecular weight excluding hydrogens is 397 g/mol. The van der Waals surface area contributed by atoms with E-state index in [1.807, 2.05) is 18.2 Å². The lowest BCUT2D eigenvalue weighted by Crippen LogP contribution is -2.33. The molecule has 2 aliphatic carbocycles. The molecule has 0 spiro atoms. The van der Waals surface area contributed by atoms with E-state index in [1.54, 1.807) is 0 Å². The summed E-state index contributed by atoms with van der Waals surface area (Å²) in [6.45, 7) is 0. The molecule has 1 fully saturated rings. The highest BCUT2D eigenvalue weighted by molar-refractivity contribution is 5.98. The maximum absolute atomic E-state index is 13.3. The first-order chi connectivity index (χ1) is 15.0. The number of nitrogens with one attached hydrogen (secondary N) is 1. The SMILES string of the molecule is O=C(CCC(=O)c1ccc2c(c1)CCCC2)OC(C(=O)NC1CC1)c1ccc(F)cc1. The van der Waals surface area contributed by atoms with Crippen molar-refractivity contribution in [3.05, 3.63) is 70.5 Å². The lowest BCUT2D eigenvalue weighted by molar-refractivity contribution is -0.156. The van der Waals surface area contributed by atoms with Gasteiger partial charge in [0.15, 0.2) is 5.78 Å². The molecule has 0 radical (unpaired) electrons. The summed E-state index contributed by atoms with van der Waals surface area (Å²) in [6, 6.07) is 11.2. The van der Waals surface area contributed by atoms with Crippen LogP contribution in [0.1, 0.15) is 71.7 Å². The van der Waals surface area contributed by atoms with Crippen LogP contribution in [-0.2, 0) is 27.2 Å². The third kappa shape index (κ3) is 5.57. The summed E-state index contributed by atoms with van der Waals surface area (Å²) in [4.78, 5) is 37.6. The van der Waals surface area contributed by atoms with Crippen molar-refractivity contribution >= 4 is 17.7 Å². The van der Waals surface area contributed by atoms with Gasteiger partial charge in [0.05, 0.1) is 6.42 Å². The molecule has 4 rings (SSSR count). The van der Waals surface area contributed by atoms with Gasteiger partial charge >= 0.3 is 5.97 Å². The van der Waals surface area contributed by atoms with Crippen molar-refractivity contribution in [2.45, 2.75) is 63.5 Å². The molecule has 31 heavy (non-hydrogen) atoms. The number of esters is 1. The summed E-state index contributed by atoms with van der Waals surface area (Å²) in [5.41, 5.74) is 3.52. The number of fused-ring (bicyclic) bond motifs is 1. The summed E-state index contributed by atoms with van der Waals surface area (Å²) in [7, 11) is 0. The molecule has 1 amide bonds. The van der Waals surface area contributed by atoms with Gasteiger partial charge in [0.1, 0.15) is 5.82 Å². The van der Waals surface area contributed by atoms with Crippen LogP contribution < -0.4 is 5.32 Å². The number of hydrogen-bond acceptors (Lipinski definition) is 4. The fourth-order valence-electron chi connectivity index (χ4n) is 3.87. The van der Waals surface area contributed by atoms with Crippen LogP contribution in [0.3, 0.4) is 0 Å². The Morgan fingerprint density at radius 2 is 1.68 bits per heavy atom. The first kappa shape index (κ1) is 21.2. The molecule has 0 bridgehead atoms. The fraction of sp³-hybridized carbons (Fsp3) is 0.400. The van der Waals surface area contributed by atoms with Gasteiger partial charge in [-0.1, -0.05) is 24.3 Å². The van der Waals surface area contributed by atoms with Gasteiger partial charge in [0.2, 0.25) is 6.10 Å². The standard InChI is InChI=1S/C25H26FNO4/c26-20-9-7-17(8-10-20)24(25(30)27-21-11-12-21)31-23(29)14-13-22(28)19-6-5-16-3-1-2-4-18(16)15-19/h5-10,15,21,24H,1-4,11-14H2,(H,27,30). The Hall–Kier alpha value is -3.02. The number of rotatable bonds is 8. The zero-order valence-electron chi connectivity index (χ0n) is 17.4. The van der Waals surface area contributed by atoms with E-state index >= 15 is 0 Å². The molecule has 5 nitrogen and oxygen atoms in total. The van der Waals surface area contributed by atoms with Crippen molar-refractivity contribution in [3.8, 4) is 0 Å². The van der Waals surface area contributed by atoms with Gasteiger partial charge in [0, 0.05) is 23.6 Å². The number of carbonyl (C=O) groups is 3. The predicted octanol–water partition coefficient (Wildman–Crippen LogP) is 4.23. The first-order valence-corrected chi connectivity index (χ1v) is 10.9. The minimum absolute atomic E-state index is 0.0119. The lowest BCUT2D eigenvalue weighted by atomic mass is 9.89. The molecule has 6 heteroatoms. The topological polar surface area (TPSA) is 72.5 Å². The number of halogens is 1. The minimum atomic E-state index is -1.16. The van der Waals surface area contributed by atoms with Crippen LogP contribution >= 0.6 is 0 Å². The lowest BCUT2D eigenvalue weighted by Gasteiger charge is -2.18. The van der Waals surface area contributed by atoms with E-state index in [2.05, 4.69) is 5.32 Å². The number of aryl methyl sites for hydroxylation is 2. The van der Waals surface area contributed by atoms with Crippen molar-refractivity contribution < 1.29 is 23.5 Å². The summed E-state index contributed by atoms with van der Waals surface area (Å²) in [5, 5.41) is 2.82. The van der Waals surface area contributed by atoms with Crippen LogP contribution in [0.15, 0.2) is 42.5 Å². The smallest absolute Gasteiger partial charge is 0.307 e. The third-order valence-electron chi connectivity index (χ3n) is 5.81. The zero-order valence-corrected chi connectivity index (χ0v) is 17.4. The van der Waals surface area contributed by atoms with Gasteiger partial charge < -0.3 is 10.1 Å². The zero-order chi connectivity index (χ0) is 21.8. The third-order valence-corrected chi connectivity index (χ3v) is 5.81. The molecule has 2 aliphatic rings. The van der Waals surface area contributed by atoms with E-state index < -0.39 is 23.8 Å². The van der Waals surface area contributed by atoms with Gasteiger partial charge in [-0.3, -0.25) is 14.4 Å². The van der Waals surface area contributed by atoms with E-state index in [1.165, 1.54) is 41.8 Å². The average molecular weight is 423 g/mol. The van der Waals surface area contributed by atoms with Crippen LogP contribution in [0.2, 0.25) is 0 Å². The molecule has 1 atom stereocenters. The molecule has 1 N–H and O–H groups in total. The molecule has 0 saturated heterocycles. The molecular formula is C25H26FNO4. The Balaban J connectivity index is 1.37. The number of amides is 1. The summed E-state index contributed by atoms with van der Waals surface area (Å²) in [6.07, 6.45) is 4.85. The number of carbonyl (C=O) groups excluding carboxylic acids is 3. The highest BCUT2D eigenvalue weighted by Crippen LogP contribution is 2.25. The van der Waals surface area contributed by atoms with Crippen molar-refractivity contribution in [3.63, 3.8) is 0 Å². The molecule has 2 aromatic carbocycles. The monoisotopic (exact) mass is 423 g/mol. The highest BCUT2D eigenvalue weighted by atomic mass is 19.1. The Bertz CT molecular complexity index is 982. The molecule has 2 aromatic rings. The fourth-order valence-corrected chi connectivity index (χ4v) is 3.87. The van der Waals surface area contributed by atoms with E-state index in [9.17, 15) is 18.8 Å². The molecule has 0 aliphatic heterocycles. The predicted molar refractivity (Wildman–Crippen MR) is 113 cm³/mol. The van der Waals surface area contributed by atoms with E-state index in [-0.39, 0.29) is 24.7 Å². The molecule has 1 unspecified atom stereocenters. The highest BCUT2D eigenvalue weighted by Gasteiger charge is 2.31. The van der Waals surface area contributed by atoms with Crippen LogP contribution in [-0.4, -0.2) is 23.7 Å². The van der Waals surface area contributed by atoms with Crippen LogP contribution in [0.4, 0.5) is 4.39 Å². The van der Waals surface area contributed by atoms with E-state index in [4.69, 9.17) is 4.74 Å². The number of ether oxygens (including phenoxy) is 1. The number of benzene rings is 2. The van der Waals surface area contributed by atoms with Gasteiger partial charge in [-0.2, -0.15) is 0 Å². The summed E-state index contributed by atoms with van der Waals surface area (Å²) < 4.78 is 18.7. The second kappa shape index (κ2) is 9.41. The van der Waals surface area contributed by atoms with E-state index in [0.29, 0.717) is 11.1 Å². The maximum Gasteiger partial charge on any atom is 0.307 e. The molecule has 0 aromatic heterocycles. The van der Waals surface area contributed by atoms with Gasteiger partial charge in [-0.05, 0) is 67.9 Å². The Kier molecular flexibility index (Phi) is 6.44. The van der Waals surface area contributed by atoms with E-state index in [0.717, 1.165) is 32.1 Å². The Labute approximate surface area is 181 Å². The van der Waals surface area contributed by atoms with Crippen molar-refractivity contribution in [2.75, 3.05) is 0 Å². The van der Waals surface area contributed by atoms with Crippen LogP contribution in [0, 0.1) is 5.82 Å². The molecule has 1 saturated carbocycles. The molecule has 0 heterocycles. The Morgan fingerprint density at radius 3 is 2.39 bits per heavy atom. The van der Waals surface area contributed by atoms with Crippen molar-refractivity contribution in [1.82, 2.24) is 5.32 Å². The number of ketones is 1. The first-order valence-electron chi connectivity index (χ1n) is 10.9. The minimum Gasteiger partial charge on any atom is -0.447 e. The summed E-state index contributed by atoms with van der Waals surface area (Å²) in [5.74, 6) is -1.62. The average Bonchev–Trinajstić information content (AvgIpc) is 3.60. The summed E-state index contributed by atoms with van der Waals surface area (Å²) >= 11 is 0. The maximum atomic E-state index is 13.3. The quantitative estimate of drug-likeness (QED) is 0.509. The van der Waals surface area contributed by atoms with Gasteiger partial charge in [0.25, 0.3) is 5.91 Å². The van der Waals surface area contributed by atoms with Crippen LogP contribution in [0.5, 0.6) is 0 Å². The van der Waals surface area contributed by atoms with Crippen molar-refractivity contribution in [2.24, 2.45) is 0 Å². The number of Topliss-reactive ketones (excluding diaryl/α,β-unsaturated/α-hetero) is 1. The second-order valence-electron chi connectivity index (χ2n) is 8.32. The Morgan fingerprint density at radius 1 is 0.968 bits per heavy atom. The van der Waals surface area contributed by atoms with Crippen LogP contribution in [0.25, 0.3) is 0 Å². The largest absolute Gasteiger partial charge is 0.447 e. The van der Waals surface area contributed by atoms with Gasteiger partial charge in [-0.15, -0.1) is 0 Å². The number of hydrogen-bond donors (Lipinski definition) is 1.